The fraction of sp³-hybridized carbons (Fsp3) is 0.538. The third-order valence-corrected chi connectivity index (χ3v) is 3.00. The van der Waals surface area contributed by atoms with Gasteiger partial charge in [-0.25, -0.2) is 0 Å². The minimum atomic E-state index is 0. The van der Waals surface area contributed by atoms with E-state index in [0.717, 1.165) is 16.6 Å². The lowest BCUT2D eigenvalue weighted by molar-refractivity contribution is 0.378. The van der Waals surface area contributed by atoms with E-state index in [4.69, 9.17) is 4.74 Å². The van der Waals surface area contributed by atoms with E-state index in [1.807, 2.05) is 6.07 Å². The van der Waals surface area contributed by atoms with Crippen LogP contribution in [0.15, 0.2) is 22.7 Å². The Morgan fingerprint density at radius 2 is 1.88 bits per heavy atom. The Hall–Kier alpha value is -0.540. The van der Waals surface area contributed by atoms with Gasteiger partial charge in [-0.15, -0.1) is 0 Å². The quantitative estimate of drug-likeness (QED) is 0.883. The fourth-order valence-corrected chi connectivity index (χ4v) is 1.97. The molecule has 0 amide bonds. The molecule has 0 saturated heterocycles. The van der Waals surface area contributed by atoms with Gasteiger partial charge in [0.2, 0.25) is 0 Å². The van der Waals surface area contributed by atoms with Gasteiger partial charge in [0.05, 0.1) is 11.6 Å². The Kier molecular flexibility index (Phi) is 6.05. The van der Waals surface area contributed by atoms with E-state index in [-0.39, 0.29) is 6.15 Å². The maximum atomic E-state index is 5.20. The van der Waals surface area contributed by atoms with E-state index in [0.29, 0.717) is 5.41 Å². The molecule has 1 rings (SSSR count). The Bertz CT molecular complexity index is 331. The van der Waals surface area contributed by atoms with Gasteiger partial charge < -0.3 is 10.9 Å². The monoisotopic (exact) mass is 287 g/mol. The summed E-state index contributed by atoms with van der Waals surface area (Å²) < 4.78 is 6.24. The van der Waals surface area contributed by atoms with Crippen molar-refractivity contribution in [1.82, 2.24) is 6.15 Å². The standard InChI is InChI=1S/C13H19BrO.H3N/c1-13(2,3)8-7-10-5-6-12(15-4)11(14)9-10;/h5-6,9H,7-8H2,1-4H3;1H3. The van der Waals surface area contributed by atoms with E-state index in [1.165, 1.54) is 12.0 Å². The van der Waals surface area contributed by atoms with Crippen LogP contribution in [0, 0.1) is 5.41 Å². The molecule has 0 aromatic heterocycles. The molecule has 16 heavy (non-hydrogen) atoms. The van der Waals surface area contributed by atoms with Crippen LogP contribution in [0.2, 0.25) is 0 Å². The molecule has 0 aliphatic rings. The summed E-state index contributed by atoms with van der Waals surface area (Å²) in [6.45, 7) is 6.81. The SMILES string of the molecule is COc1ccc(CCC(C)(C)C)cc1Br.N. The molecule has 0 atom stereocenters. The molecule has 0 aliphatic carbocycles. The van der Waals surface area contributed by atoms with Gasteiger partial charge in [0.25, 0.3) is 0 Å². The van der Waals surface area contributed by atoms with Crippen molar-refractivity contribution in [3.05, 3.63) is 28.2 Å². The highest BCUT2D eigenvalue weighted by molar-refractivity contribution is 9.10. The van der Waals surface area contributed by atoms with Gasteiger partial charge >= 0.3 is 0 Å². The predicted molar refractivity (Wildman–Crippen MR) is 73.5 cm³/mol. The van der Waals surface area contributed by atoms with Crippen molar-refractivity contribution in [3.8, 4) is 5.75 Å². The second-order valence-electron chi connectivity index (χ2n) is 5.03. The largest absolute Gasteiger partial charge is 0.496 e. The van der Waals surface area contributed by atoms with Crippen molar-refractivity contribution in [2.24, 2.45) is 5.41 Å². The molecule has 0 saturated carbocycles. The highest BCUT2D eigenvalue weighted by atomic mass is 79.9. The van der Waals surface area contributed by atoms with E-state index in [9.17, 15) is 0 Å². The van der Waals surface area contributed by atoms with Gasteiger partial charge in [-0.2, -0.15) is 0 Å². The first-order valence-electron chi connectivity index (χ1n) is 5.25. The van der Waals surface area contributed by atoms with E-state index >= 15 is 0 Å². The average molecular weight is 288 g/mol. The Morgan fingerprint density at radius 1 is 1.25 bits per heavy atom. The van der Waals surface area contributed by atoms with E-state index < -0.39 is 0 Å². The zero-order valence-electron chi connectivity index (χ0n) is 10.6. The zero-order chi connectivity index (χ0) is 11.5. The normalized spacial score (nSPS) is 10.8. The highest BCUT2D eigenvalue weighted by Crippen LogP contribution is 2.28. The maximum absolute atomic E-state index is 5.20. The molecule has 3 N–H and O–H groups in total. The van der Waals surface area contributed by atoms with Crippen molar-refractivity contribution in [1.29, 1.82) is 0 Å². The zero-order valence-corrected chi connectivity index (χ0v) is 12.2. The number of methoxy groups -OCH3 is 1. The minimum Gasteiger partial charge on any atom is -0.496 e. The number of aryl methyl sites for hydroxylation is 1. The summed E-state index contributed by atoms with van der Waals surface area (Å²) in [6.07, 6.45) is 2.32. The van der Waals surface area contributed by atoms with Crippen molar-refractivity contribution in [2.75, 3.05) is 7.11 Å². The van der Waals surface area contributed by atoms with Crippen LogP contribution in [0.25, 0.3) is 0 Å². The molecule has 0 bridgehead atoms. The van der Waals surface area contributed by atoms with Crippen molar-refractivity contribution < 1.29 is 4.74 Å². The summed E-state index contributed by atoms with van der Waals surface area (Å²) in [5, 5.41) is 0. The summed E-state index contributed by atoms with van der Waals surface area (Å²) in [4.78, 5) is 0. The van der Waals surface area contributed by atoms with Gasteiger partial charge in [-0.05, 0) is 51.9 Å². The highest BCUT2D eigenvalue weighted by Gasteiger charge is 2.10. The van der Waals surface area contributed by atoms with Crippen LogP contribution in [0.4, 0.5) is 0 Å². The summed E-state index contributed by atoms with van der Waals surface area (Å²) >= 11 is 3.50. The van der Waals surface area contributed by atoms with Gasteiger partial charge in [0.1, 0.15) is 5.75 Å². The molecule has 0 radical (unpaired) electrons. The first-order valence-corrected chi connectivity index (χ1v) is 6.04. The molecule has 0 heterocycles. The van der Waals surface area contributed by atoms with Crippen LogP contribution in [-0.4, -0.2) is 7.11 Å². The summed E-state index contributed by atoms with van der Waals surface area (Å²) in [5.74, 6) is 0.898. The third kappa shape index (κ3) is 4.99. The third-order valence-electron chi connectivity index (χ3n) is 2.38. The molecular formula is C13H22BrNO. The summed E-state index contributed by atoms with van der Waals surface area (Å²) in [6, 6.07) is 6.29. The van der Waals surface area contributed by atoms with Gasteiger partial charge in [-0.3, -0.25) is 0 Å². The molecule has 1 aromatic rings. The second kappa shape index (κ2) is 6.26. The Morgan fingerprint density at radius 3 is 2.31 bits per heavy atom. The molecule has 3 heteroatoms. The Labute approximate surface area is 107 Å². The molecule has 0 fully saturated rings. The van der Waals surface area contributed by atoms with Gasteiger partial charge in [0, 0.05) is 0 Å². The predicted octanol–water partition coefficient (Wildman–Crippen LogP) is 4.60. The molecule has 92 valence electrons. The summed E-state index contributed by atoms with van der Waals surface area (Å²) in [7, 11) is 1.69. The molecule has 0 aliphatic heterocycles. The molecule has 2 nitrogen and oxygen atoms in total. The number of hydrogen-bond acceptors (Lipinski definition) is 2. The second-order valence-corrected chi connectivity index (χ2v) is 5.88. The molecule has 0 unspecified atom stereocenters. The summed E-state index contributed by atoms with van der Waals surface area (Å²) in [5.41, 5.74) is 1.75. The number of ether oxygens (including phenoxy) is 1. The Balaban J connectivity index is 0.00000225. The lowest BCUT2D eigenvalue weighted by atomic mass is 9.89. The van der Waals surface area contributed by atoms with Crippen LogP contribution >= 0.6 is 15.9 Å². The number of halogens is 1. The van der Waals surface area contributed by atoms with Crippen LogP contribution in [0.1, 0.15) is 32.8 Å². The van der Waals surface area contributed by atoms with Crippen LogP contribution in [0.5, 0.6) is 5.75 Å². The number of benzene rings is 1. The first kappa shape index (κ1) is 15.5. The molecule has 0 spiro atoms. The number of hydrogen-bond donors (Lipinski definition) is 1. The van der Waals surface area contributed by atoms with Gasteiger partial charge in [0.15, 0.2) is 0 Å². The van der Waals surface area contributed by atoms with Crippen LogP contribution in [0.3, 0.4) is 0 Å². The van der Waals surface area contributed by atoms with Crippen molar-refractivity contribution >= 4 is 15.9 Å². The minimum absolute atomic E-state index is 0. The van der Waals surface area contributed by atoms with Crippen molar-refractivity contribution in [2.45, 2.75) is 33.6 Å². The van der Waals surface area contributed by atoms with Gasteiger partial charge in [-0.1, -0.05) is 26.8 Å². The van der Waals surface area contributed by atoms with E-state index in [1.54, 1.807) is 7.11 Å². The molecule has 1 aromatic carbocycles. The number of rotatable bonds is 3. The van der Waals surface area contributed by atoms with Crippen LogP contribution < -0.4 is 10.9 Å². The topological polar surface area (TPSA) is 44.2 Å². The van der Waals surface area contributed by atoms with Crippen molar-refractivity contribution in [3.63, 3.8) is 0 Å². The average Bonchev–Trinajstić information content (AvgIpc) is 2.14. The van der Waals surface area contributed by atoms with E-state index in [2.05, 4.69) is 48.8 Å². The smallest absolute Gasteiger partial charge is 0.133 e. The van der Waals surface area contributed by atoms with Crippen LogP contribution in [-0.2, 0) is 6.42 Å². The lowest BCUT2D eigenvalue weighted by Crippen LogP contribution is -2.06. The lowest BCUT2D eigenvalue weighted by Gasteiger charge is -2.18. The fourth-order valence-electron chi connectivity index (χ4n) is 1.38. The maximum Gasteiger partial charge on any atom is 0.133 e. The first-order chi connectivity index (χ1) is 6.92. The molecular weight excluding hydrogens is 266 g/mol.